The fraction of sp³-hybridized carbons (Fsp3) is 0.500. The van der Waals surface area contributed by atoms with E-state index in [0.717, 1.165) is 0 Å². The smallest absolute Gasteiger partial charge is 0.0423 e. The summed E-state index contributed by atoms with van der Waals surface area (Å²) in [7, 11) is 0. The normalized spacial score (nSPS) is 14.1. The second-order valence-corrected chi connectivity index (χ2v) is 5.66. The quantitative estimate of drug-likeness (QED) is 0.627. The number of benzene rings is 1. The number of rotatable bonds is 1. The number of hydrogen-bond acceptors (Lipinski definition) is 0. The van der Waals surface area contributed by atoms with Crippen molar-refractivity contribution in [3.8, 4) is 0 Å². The summed E-state index contributed by atoms with van der Waals surface area (Å²) in [6.45, 7) is 8.84. The highest BCUT2D eigenvalue weighted by Gasteiger charge is 2.21. The van der Waals surface area contributed by atoms with E-state index in [0.29, 0.717) is 16.0 Å². The van der Waals surface area contributed by atoms with E-state index >= 15 is 0 Å². The third kappa shape index (κ3) is 2.90. The average Bonchev–Trinajstić information content (AvgIpc) is 1.99. The van der Waals surface area contributed by atoms with Crippen molar-refractivity contribution in [3.05, 3.63) is 33.8 Å². The standard InChI is InChI=1S/C12H16Cl2/c1-8(12(2,3)4)9-5-10(13)7-11(14)6-9/h5-8H,1-4H3/t8-/m0/s1. The zero-order valence-corrected chi connectivity index (χ0v) is 10.6. The molecule has 0 aromatic heterocycles. The molecule has 0 radical (unpaired) electrons. The average molecular weight is 231 g/mol. The van der Waals surface area contributed by atoms with Gasteiger partial charge in [0.15, 0.2) is 0 Å². The lowest BCUT2D eigenvalue weighted by atomic mass is 9.78. The third-order valence-corrected chi connectivity index (χ3v) is 3.12. The van der Waals surface area contributed by atoms with E-state index in [2.05, 4.69) is 27.7 Å². The van der Waals surface area contributed by atoms with Crippen molar-refractivity contribution >= 4 is 23.2 Å². The van der Waals surface area contributed by atoms with Crippen LogP contribution < -0.4 is 0 Å². The van der Waals surface area contributed by atoms with Gasteiger partial charge in [-0.15, -0.1) is 0 Å². The molecule has 1 rings (SSSR count). The van der Waals surface area contributed by atoms with Gasteiger partial charge in [0.1, 0.15) is 0 Å². The minimum atomic E-state index is 0.230. The summed E-state index contributed by atoms with van der Waals surface area (Å²) in [5, 5.41) is 1.42. The highest BCUT2D eigenvalue weighted by atomic mass is 35.5. The van der Waals surface area contributed by atoms with Crippen LogP contribution in [-0.4, -0.2) is 0 Å². The van der Waals surface area contributed by atoms with Gasteiger partial charge in [0.2, 0.25) is 0 Å². The van der Waals surface area contributed by atoms with Gasteiger partial charge in [-0.25, -0.2) is 0 Å². The van der Waals surface area contributed by atoms with Gasteiger partial charge in [-0.1, -0.05) is 50.9 Å². The number of hydrogen-bond donors (Lipinski definition) is 0. The van der Waals surface area contributed by atoms with Crippen LogP contribution in [0.3, 0.4) is 0 Å². The van der Waals surface area contributed by atoms with Gasteiger partial charge in [0.05, 0.1) is 0 Å². The van der Waals surface area contributed by atoms with E-state index in [1.54, 1.807) is 6.07 Å². The molecule has 1 aromatic rings. The van der Waals surface area contributed by atoms with Gasteiger partial charge in [-0.2, -0.15) is 0 Å². The van der Waals surface area contributed by atoms with Gasteiger partial charge in [-0.05, 0) is 35.1 Å². The van der Waals surface area contributed by atoms with Crippen LogP contribution >= 0.6 is 23.2 Å². The molecule has 0 N–H and O–H groups in total. The maximum atomic E-state index is 5.96. The maximum Gasteiger partial charge on any atom is 0.0423 e. The summed E-state index contributed by atoms with van der Waals surface area (Å²) in [5.41, 5.74) is 1.43. The summed E-state index contributed by atoms with van der Waals surface area (Å²) in [6, 6.07) is 5.74. The third-order valence-electron chi connectivity index (χ3n) is 2.68. The predicted octanol–water partition coefficient (Wildman–Crippen LogP) is 5.14. The Kier molecular flexibility index (Phi) is 3.49. The summed E-state index contributed by atoms with van der Waals surface area (Å²) in [6.07, 6.45) is 0. The molecule has 0 spiro atoms. The molecule has 0 heterocycles. The zero-order chi connectivity index (χ0) is 10.9. The van der Waals surface area contributed by atoms with Crippen molar-refractivity contribution in [3.63, 3.8) is 0 Å². The second-order valence-electron chi connectivity index (χ2n) is 4.79. The molecular formula is C12H16Cl2. The summed E-state index contributed by atoms with van der Waals surface area (Å²) in [4.78, 5) is 0. The van der Waals surface area contributed by atoms with Crippen LogP contribution in [0.5, 0.6) is 0 Å². The van der Waals surface area contributed by atoms with Crippen LogP contribution in [0.15, 0.2) is 18.2 Å². The second kappa shape index (κ2) is 4.12. The molecule has 1 atom stereocenters. The molecular weight excluding hydrogens is 215 g/mol. The lowest BCUT2D eigenvalue weighted by molar-refractivity contribution is 0.339. The summed E-state index contributed by atoms with van der Waals surface area (Å²) in [5.74, 6) is 0.443. The van der Waals surface area contributed by atoms with E-state index in [1.165, 1.54) is 5.56 Å². The predicted molar refractivity (Wildman–Crippen MR) is 64.3 cm³/mol. The molecule has 0 fully saturated rings. The van der Waals surface area contributed by atoms with Crippen molar-refractivity contribution in [2.45, 2.75) is 33.6 Å². The largest absolute Gasteiger partial charge is 0.0843 e. The van der Waals surface area contributed by atoms with Crippen molar-refractivity contribution in [2.75, 3.05) is 0 Å². The highest BCUT2D eigenvalue weighted by molar-refractivity contribution is 6.34. The van der Waals surface area contributed by atoms with E-state index in [4.69, 9.17) is 23.2 Å². The lowest BCUT2D eigenvalue weighted by Crippen LogP contribution is -2.15. The van der Waals surface area contributed by atoms with Crippen LogP contribution in [0.1, 0.15) is 39.2 Å². The summed E-state index contributed by atoms with van der Waals surface area (Å²) < 4.78 is 0. The Balaban J connectivity index is 3.07. The van der Waals surface area contributed by atoms with Crippen molar-refractivity contribution in [2.24, 2.45) is 5.41 Å². The van der Waals surface area contributed by atoms with E-state index in [-0.39, 0.29) is 5.41 Å². The Morgan fingerprint density at radius 3 is 1.79 bits per heavy atom. The fourth-order valence-electron chi connectivity index (χ4n) is 1.33. The van der Waals surface area contributed by atoms with Gasteiger partial charge < -0.3 is 0 Å². The molecule has 0 unspecified atom stereocenters. The van der Waals surface area contributed by atoms with Crippen molar-refractivity contribution < 1.29 is 0 Å². The van der Waals surface area contributed by atoms with Crippen molar-refractivity contribution in [1.82, 2.24) is 0 Å². The van der Waals surface area contributed by atoms with Crippen LogP contribution in [0, 0.1) is 5.41 Å². The highest BCUT2D eigenvalue weighted by Crippen LogP contribution is 2.36. The first kappa shape index (κ1) is 11.9. The minimum Gasteiger partial charge on any atom is -0.0843 e. The SMILES string of the molecule is C[C@@H](c1cc(Cl)cc(Cl)c1)C(C)(C)C. The minimum absolute atomic E-state index is 0.230. The van der Waals surface area contributed by atoms with Crippen LogP contribution in [0.2, 0.25) is 10.0 Å². The Bertz CT molecular complexity index is 303. The Hall–Kier alpha value is -0.200. The molecule has 0 aliphatic heterocycles. The molecule has 1 aromatic carbocycles. The Morgan fingerprint density at radius 1 is 1.00 bits per heavy atom. The lowest BCUT2D eigenvalue weighted by Gasteiger charge is -2.27. The molecule has 78 valence electrons. The Morgan fingerprint density at radius 2 is 1.43 bits per heavy atom. The molecule has 0 aliphatic carbocycles. The Labute approximate surface area is 96.2 Å². The molecule has 0 saturated heterocycles. The monoisotopic (exact) mass is 230 g/mol. The van der Waals surface area contributed by atoms with E-state index < -0.39 is 0 Å². The molecule has 2 heteroatoms. The molecule has 0 bridgehead atoms. The first-order valence-corrected chi connectivity index (χ1v) is 5.52. The van der Waals surface area contributed by atoms with E-state index in [9.17, 15) is 0 Å². The molecule has 0 nitrogen and oxygen atoms in total. The number of halogens is 2. The van der Waals surface area contributed by atoms with Gasteiger partial charge in [0.25, 0.3) is 0 Å². The zero-order valence-electron chi connectivity index (χ0n) is 9.07. The van der Waals surface area contributed by atoms with Crippen LogP contribution in [0.4, 0.5) is 0 Å². The first-order valence-electron chi connectivity index (χ1n) is 4.76. The maximum absolute atomic E-state index is 5.96. The molecule has 0 aliphatic rings. The van der Waals surface area contributed by atoms with E-state index in [1.807, 2.05) is 12.1 Å². The first-order chi connectivity index (χ1) is 6.30. The van der Waals surface area contributed by atoms with Crippen LogP contribution in [0.25, 0.3) is 0 Å². The van der Waals surface area contributed by atoms with Gasteiger partial charge >= 0.3 is 0 Å². The fourth-order valence-corrected chi connectivity index (χ4v) is 1.87. The van der Waals surface area contributed by atoms with Crippen molar-refractivity contribution in [1.29, 1.82) is 0 Å². The van der Waals surface area contributed by atoms with Gasteiger partial charge in [0, 0.05) is 10.0 Å². The van der Waals surface area contributed by atoms with Crippen LogP contribution in [-0.2, 0) is 0 Å². The topological polar surface area (TPSA) is 0 Å². The molecule has 0 saturated carbocycles. The molecule has 14 heavy (non-hydrogen) atoms. The molecule has 0 amide bonds. The van der Waals surface area contributed by atoms with Gasteiger partial charge in [-0.3, -0.25) is 0 Å². The summed E-state index contributed by atoms with van der Waals surface area (Å²) >= 11 is 11.9.